The van der Waals surface area contributed by atoms with Gasteiger partial charge < -0.3 is 4.90 Å². The van der Waals surface area contributed by atoms with E-state index in [-0.39, 0.29) is 5.91 Å². The van der Waals surface area contributed by atoms with Crippen LogP contribution in [0.1, 0.15) is 34.8 Å². The molecule has 0 aliphatic heterocycles. The second-order valence-electron chi connectivity index (χ2n) is 7.93. The highest BCUT2D eigenvalue weighted by atomic mass is 32.2. The Balaban J connectivity index is 1.57. The Morgan fingerprint density at radius 2 is 1.79 bits per heavy atom. The average Bonchev–Trinajstić information content (AvgIpc) is 3.27. The second-order valence-corrected chi connectivity index (χ2v) is 8.87. The fourth-order valence-electron chi connectivity index (χ4n) is 3.60. The van der Waals surface area contributed by atoms with Crippen molar-refractivity contribution >= 4 is 17.7 Å². The topological polar surface area (TPSA) is 63.9 Å². The fraction of sp³-hybridized carbons (Fsp3) is 0.231. The molecule has 0 saturated heterocycles. The molecule has 2 heterocycles. The first kappa shape index (κ1) is 22.7. The SMILES string of the molecule is CCCN(C)C(=O)c1ccc(CSc2nnc(-c3ccncc3)n2-c2cccc(C)c2)cc1. The highest BCUT2D eigenvalue weighted by molar-refractivity contribution is 7.98. The number of pyridine rings is 1. The molecule has 0 aliphatic carbocycles. The number of carbonyl (C=O) groups excluding carboxylic acids is 1. The van der Waals surface area contributed by atoms with Crippen LogP contribution in [0.3, 0.4) is 0 Å². The normalized spacial score (nSPS) is 10.9. The first-order chi connectivity index (χ1) is 16.1. The lowest BCUT2D eigenvalue weighted by molar-refractivity contribution is 0.0795. The van der Waals surface area contributed by atoms with Crippen LogP contribution in [0.15, 0.2) is 78.2 Å². The van der Waals surface area contributed by atoms with E-state index in [1.54, 1.807) is 29.1 Å². The highest BCUT2D eigenvalue weighted by Gasteiger charge is 2.17. The maximum absolute atomic E-state index is 12.5. The summed E-state index contributed by atoms with van der Waals surface area (Å²) in [5, 5.41) is 9.81. The molecular weight excluding hydrogens is 430 g/mol. The Morgan fingerprint density at radius 3 is 2.48 bits per heavy atom. The van der Waals surface area contributed by atoms with Crippen LogP contribution in [0.4, 0.5) is 0 Å². The van der Waals surface area contributed by atoms with E-state index in [2.05, 4.69) is 51.8 Å². The van der Waals surface area contributed by atoms with Crippen molar-refractivity contribution in [2.24, 2.45) is 0 Å². The summed E-state index contributed by atoms with van der Waals surface area (Å²) in [6.07, 6.45) is 4.47. The van der Waals surface area contributed by atoms with Gasteiger partial charge in [-0.3, -0.25) is 14.3 Å². The zero-order valence-corrected chi connectivity index (χ0v) is 19.9. The summed E-state index contributed by atoms with van der Waals surface area (Å²) in [6, 6.07) is 20.0. The molecule has 33 heavy (non-hydrogen) atoms. The lowest BCUT2D eigenvalue weighted by atomic mass is 10.1. The van der Waals surface area contributed by atoms with E-state index in [1.165, 1.54) is 5.56 Å². The smallest absolute Gasteiger partial charge is 0.253 e. The van der Waals surface area contributed by atoms with Gasteiger partial charge in [0.25, 0.3) is 5.91 Å². The molecule has 0 atom stereocenters. The number of hydrogen-bond donors (Lipinski definition) is 0. The molecule has 0 bridgehead atoms. The Hall–Kier alpha value is -3.45. The summed E-state index contributed by atoms with van der Waals surface area (Å²) in [5.41, 5.74) is 4.99. The molecular formula is C26H27N5OS. The molecule has 1 amide bonds. The molecule has 0 unspecified atom stereocenters. The van der Waals surface area contributed by atoms with Crippen molar-refractivity contribution in [1.29, 1.82) is 0 Å². The molecule has 4 rings (SSSR count). The molecule has 2 aromatic carbocycles. The van der Waals surface area contributed by atoms with Gasteiger partial charge in [-0.2, -0.15) is 0 Å². The number of thioether (sulfide) groups is 1. The summed E-state index contributed by atoms with van der Waals surface area (Å²) >= 11 is 1.62. The van der Waals surface area contributed by atoms with Crippen LogP contribution in [0.25, 0.3) is 17.1 Å². The van der Waals surface area contributed by atoms with Crippen molar-refractivity contribution in [2.45, 2.75) is 31.2 Å². The van der Waals surface area contributed by atoms with Crippen LogP contribution >= 0.6 is 11.8 Å². The van der Waals surface area contributed by atoms with Crippen LogP contribution in [-0.2, 0) is 5.75 Å². The summed E-state index contributed by atoms with van der Waals surface area (Å²) in [5.74, 6) is 1.56. The summed E-state index contributed by atoms with van der Waals surface area (Å²) in [7, 11) is 1.84. The minimum atomic E-state index is 0.0530. The molecule has 168 valence electrons. The number of amides is 1. The number of aromatic nitrogens is 4. The quantitative estimate of drug-likeness (QED) is 0.331. The fourth-order valence-corrected chi connectivity index (χ4v) is 4.51. The van der Waals surface area contributed by atoms with Crippen molar-refractivity contribution in [2.75, 3.05) is 13.6 Å². The monoisotopic (exact) mass is 457 g/mol. The Labute approximate surface area is 198 Å². The van der Waals surface area contributed by atoms with Crippen molar-refractivity contribution < 1.29 is 4.79 Å². The Bertz CT molecular complexity index is 1220. The van der Waals surface area contributed by atoms with Gasteiger partial charge in [0.05, 0.1) is 0 Å². The van der Waals surface area contributed by atoms with Gasteiger partial charge in [0.15, 0.2) is 11.0 Å². The standard InChI is InChI=1S/C26H27N5OS/c1-4-16-30(3)25(32)22-10-8-20(9-11-22)18-33-26-29-28-24(21-12-14-27-15-13-21)31(26)23-7-5-6-19(2)17-23/h5-15,17H,4,16,18H2,1-3H3. The molecule has 0 saturated carbocycles. The molecule has 0 spiro atoms. The minimum Gasteiger partial charge on any atom is -0.342 e. The third-order valence-electron chi connectivity index (χ3n) is 5.31. The summed E-state index contributed by atoms with van der Waals surface area (Å²) in [6.45, 7) is 4.90. The predicted molar refractivity (Wildman–Crippen MR) is 133 cm³/mol. The van der Waals surface area contributed by atoms with Crippen LogP contribution < -0.4 is 0 Å². The zero-order valence-electron chi connectivity index (χ0n) is 19.1. The second kappa shape index (κ2) is 10.4. The Morgan fingerprint density at radius 1 is 1.03 bits per heavy atom. The Kier molecular flexibility index (Phi) is 7.19. The number of carbonyl (C=O) groups is 1. The van der Waals surface area contributed by atoms with Gasteiger partial charge in [-0.15, -0.1) is 10.2 Å². The molecule has 6 nitrogen and oxygen atoms in total. The van der Waals surface area contributed by atoms with Gasteiger partial charge in [0, 0.05) is 48.6 Å². The molecule has 0 aliphatic rings. The van der Waals surface area contributed by atoms with Gasteiger partial charge in [0.1, 0.15) is 0 Å². The van der Waals surface area contributed by atoms with E-state index in [0.29, 0.717) is 5.56 Å². The lowest BCUT2D eigenvalue weighted by Crippen LogP contribution is -2.27. The largest absolute Gasteiger partial charge is 0.342 e. The average molecular weight is 458 g/mol. The van der Waals surface area contributed by atoms with E-state index in [4.69, 9.17) is 0 Å². The van der Waals surface area contributed by atoms with Crippen molar-refractivity contribution in [3.63, 3.8) is 0 Å². The first-order valence-electron chi connectivity index (χ1n) is 11.0. The van der Waals surface area contributed by atoms with E-state index in [1.807, 2.05) is 49.5 Å². The van der Waals surface area contributed by atoms with Crippen LogP contribution in [0.2, 0.25) is 0 Å². The minimum absolute atomic E-state index is 0.0530. The van der Waals surface area contributed by atoms with Crippen LogP contribution in [0, 0.1) is 6.92 Å². The lowest BCUT2D eigenvalue weighted by Gasteiger charge is -2.16. The van der Waals surface area contributed by atoms with E-state index < -0.39 is 0 Å². The number of nitrogens with zero attached hydrogens (tertiary/aromatic N) is 5. The third kappa shape index (κ3) is 5.31. The van der Waals surface area contributed by atoms with Crippen LogP contribution in [-0.4, -0.2) is 44.1 Å². The van der Waals surface area contributed by atoms with Gasteiger partial charge in [0.2, 0.25) is 0 Å². The van der Waals surface area contributed by atoms with Gasteiger partial charge >= 0.3 is 0 Å². The maximum Gasteiger partial charge on any atom is 0.253 e. The maximum atomic E-state index is 12.5. The molecule has 0 N–H and O–H groups in total. The predicted octanol–water partition coefficient (Wildman–Crippen LogP) is 5.41. The number of hydrogen-bond acceptors (Lipinski definition) is 5. The number of rotatable bonds is 8. The van der Waals surface area contributed by atoms with Crippen LogP contribution in [0.5, 0.6) is 0 Å². The van der Waals surface area contributed by atoms with Gasteiger partial charge in [-0.25, -0.2) is 0 Å². The van der Waals surface area contributed by atoms with Gasteiger partial charge in [-0.05, 0) is 60.9 Å². The number of aryl methyl sites for hydroxylation is 1. The molecule has 0 fully saturated rings. The van der Waals surface area contributed by atoms with E-state index in [9.17, 15) is 4.79 Å². The van der Waals surface area contributed by atoms with Crippen molar-refractivity contribution in [3.8, 4) is 17.1 Å². The molecule has 2 aromatic heterocycles. The molecule has 7 heteroatoms. The van der Waals surface area contributed by atoms with Crippen molar-refractivity contribution in [1.82, 2.24) is 24.6 Å². The zero-order chi connectivity index (χ0) is 23.2. The highest BCUT2D eigenvalue weighted by Crippen LogP contribution is 2.30. The molecule has 0 radical (unpaired) electrons. The van der Waals surface area contributed by atoms with Gasteiger partial charge in [-0.1, -0.05) is 43.0 Å². The molecule has 4 aromatic rings. The van der Waals surface area contributed by atoms with E-state index in [0.717, 1.165) is 46.5 Å². The number of benzene rings is 2. The van der Waals surface area contributed by atoms with Crippen molar-refractivity contribution in [3.05, 3.63) is 89.7 Å². The van der Waals surface area contributed by atoms with E-state index >= 15 is 0 Å². The summed E-state index contributed by atoms with van der Waals surface area (Å²) in [4.78, 5) is 18.4. The summed E-state index contributed by atoms with van der Waals surface area (Å²) < 4.78 is 2.09. The third-order valence-corrected chi connectivity index (χ3v) is 6.31. The first-order valence-corrected chi connectivity index (χ1v) is 12.0.